The van der Waals surface area contributed by atoms with Crippen LogP contribution < -0.4 is 10.6 Å². The van der Waals surface area contributed by atoms with Gasteiger partial charge in [0, 0.05) is 0 Å². The van der Waals surface area contributed by atoms with Crippen LogP contribution in [-0.2, 0) is 9.59 Å². The molecule has 2 atom stereocenters. The van der Waals surface area contributed by atoms with Crippen LogP contribution in [0.1, 0.15) is 45.6 Å². The second-order valence-electron chi connectivity index (χ2n) is 8.83. The van der Waals surface area contributed by atoms with Crippen LogP contribution in [0.3, 0.4) is 0 Å². The van der Waals surface area contributed by atoms with Crippen LogP contribution in [0.15, 0.2) is 18.2 Å². The number of anilines is 1. The van der Waals surface area contributed by atoms with Crippen LogP contribution in [0.25, 0.3) is 0 Å². The minimum Gasteiger partial charge on any atom is -0.506 e. The van der Waals surface area contributed by atoms with Crippen LogP contribution in [0.2, 0.25) is 0 Å². The fraction of sp³-hybridized carbons (Fsp3) is 0.550. The summed E-state index contributed by atoms with van der Waals surface area (Å²) in [5, 5.41) is 15.3. The maximum Gasteiger partial charge on any atom is 0.325 e. The molecule has 7 nitrogen and oxygen atoms in total. The molecule has 7 heteroatoms. The quantitative estimate of drug-likeness (QED) is 0.560. The first-order valence-electron chi connectivity index (χ1n) is 9.25. The molecule has 1 heterocycles. The molecule has 1 aliphatic heterocycles. The lowest BCUT2D eigenvalue weighted by Crippen LogP contribution is -2.54. The monoisotopic (exact) mass is 373 g/mol. The topological polar surface area (TPSA) is 98.7 Å². The van der Waals surface area contributed by atoms with Crippen molar-refractivity contribution in [3.8, 4) is 5.75 Å². The van der Waals surface area contributed by atoms with Crippen LogP contribution >= 0.6 is 0 Å². The minimum absolute atomic E-state index is 0.0557. The summed E-state index contributed by atoms with van der Waals surface area (Å²) in [6.07, 6.45) is 2.13. The van der Waals surface area contributed by atoms with E-state index in [0.29, 0.717) is 18.8 Å². The Labute approximate surface area is 159 Å². The molecule has 1 saturated heterocycles. The summed E-state index contributed by atoms with van der Waals surface area (Å²) in [6, 6.07) is 4.34. The van der Waals surface area contributed by atoms with E-state index in [1.807, 2.05) is 6.92 Å². The second kappa shape index (κ2) is 6.55. The van der Waals surface area contributed by atoms with Crippen LogP contribution in [0.5, 0.6) is 5.75 Å². The highest BCUT2D eigenvalue weighted by molar-refractivity contribution is 6.10. The molecule has 146 valence electrons. The largest absolute Gasteiger partial charge is 0.506 e. The number of imide groups is 1. The Balaban J connectivity index is 1.73. The third-order valence-corrected chi connectivity index (χ3v) is 5.35. The van der Waals surface area contributed by atoms with Gasteiger partial charge in [-0.1, -0.05) is 26.8 Å². The summed E-state index contributed by atoms with van der Waals surface area (Å²) in [5.74, 6) is -0.621. The van der Waals surface area contributed by atoms with Crippen molar-refractivity contribution in [2.45, 2.75) is 52.5 Å². The average molecular weight is 373 g/mol. The zero-order valence-electron chi connectivity index (χ0n) is 16.3. The van der Waals surface area contributed by atoms with Gasteiger partial charge in [0.25, 0.3) is 5.91 Å². The predicted octanol–water partition coefficient (Wildman–Crippen LogP) is 2.78. The molecule has 3 rings (SSSR count). The highest BCUT2D eigenvalue weighted by Gasteiger charge is 2.56. The number of carbonyl (C=O) groups excluding carboxylic acids is 3. The number of amides is 4. The third-order valence-electron chi connectivity index (χ3n) is 5.35. The molecule has 0 aromatic heterocycles. The van der Waals surface area contributed by atoms with Gasteiger partial charge in [-0.15, -0.1) is 0 Å². The van der Waals surface area contributed by atoms with Crippen molar-refractivity contribution in [3.05, 3.63) is 23.8 Å². The Morgan fingerprint density at radius 3 is 2.67 bits per heavy atom. The van der Waals surface area contributed by atoms with Crippen molar-refractivity contribution in [2.75, 3.05) is 11.9 Å². The number of rotatable bonds is 3. The molecule has 1 saturated carbocycles. The fourth-order valence-electron chi connectivity index (χ4n) is 4.73. The molecule has 4 amide bonds. The molecule has 27 heavy (non-hydrogen) atoms. The maximum atomic E-state index is 13.0. The van der Waals surface area contributed by atoms with E-state index in [2.05, 4.69) is 31.4 Å². The lowest BCUT2D eigenvalue weighted by molar-refractivity contribution is -0.136. The summed E-state index contributed by atoms with van der Waals surface area (Å²) in [4.78, 5) is 38.8. The molecule has 1 aromatic carbocycles. The zero-order chi connectivity index (χ0) is 20.0. The highest BCUT2D eigenvalue weighted by Crippen LogP contribution is 2.46. The van der Waals surface area contributed by atoms with Crippen molar-refractivity contribution >= 4 is 23.5 Å². The van der Waals surface area contributed by atoms with E-state index >= 15 is 0 Å². The van der Waals surface area contributed by atoms with E-state index < -0.39 is 17.5 Å². The molecule has 0 radical (unpaired) electrons. The normalized spacial score (nSPS) is 27.0. The Hall–Kier alpha value is -2.57. The summed E-state index contributed by atoms with van der Waals surface area (Å²) in [6.45, 7) is 7.72. The molecule has 0 bridgehead atoms. The van der Waals surface area contributed by atoms with Crippen molar-refractivity contribution in [3.63, 3.8) is 0 Å². The molecule has 2 fully saturated rings. The number of aryl methyl sites for hydroxylation is 1. The van der Waals surface area contributed by atoms with Gasteiger partial charge in [-0.2, -0.15) is 0 Å². The standard InChI is InChI=1S/C20H27N3O4/c1-12-5-6-14(15(24)7-12)21-16(25)10-23-17(26)20(22-18(23)27)9-13(2)8-19(3,4)11-20/h5-7,13,24H,8-11H2,1-4H3,(H,21,25)(H,22,27)/t13-,20-/m0/s1. The summed E-state index contributed by atoms with van der Waals surface area (Å²) >= 11 is 0. The molecular weight excluding hydrogens is 346 g/mol. The van der Waals surface area contributed by atoms with Gasteiger partial charge in [-0.25, -0.2) is 4.79 Å². The Bertz CT molecular complexity index is 804. The number of urea groups is 1. The Morgan fingerprint density at radius 1 is 1.33 bits per heavy atom. The number of nitrogens with zero attached hydrogens (tertiary/aromatic N) is 1. The lowest BCUT2D eigenvalue weighted by Gasteiger charge is -2.43. The number of phenolic OH excluding ortho intramolecular Hbond substituents is 1. The Morgan fingerprint density at radius 2 is 2.04 bits per heavy atom. The number of aromatic hydroxyl groups is 1. The maximum absolute atomic E-state index is 13.0. The summed E-state index contributed by atoms with van der Waals surface area (Å²) in [7, 11) is 0. The van der Waals surface area contributed by atoms with Gasteiger partial charge >= 0.3 is 6.03 Å². The Kier molecular flexibility index (Phi) is 4.66. The van der Waals surface area contributed by atoms with Gasteiger partial charge < -0.3 is 15.7 Å². The predicted molar refractivity (Wildman–Crippen MR) is 101 cm³/mol. The fourth-order valence-corrected chi connectivity index (χ4v) is 4.73. The first kappa shape index (κ1) is 19.2. The molecule has 2 aliphatic rings. The molecule has 1 aliphatic carbocycles. The van der Waals surface area contributed by atoms with E-state index in [1.165, 1.54) is 6.07 Å². The van der Waals surface area contributed by atoms with Crippen molar-refractivity contribution in [2.24, 2.45) is 11.3 Å². The number of nitrogens with one attached hydrogen (secondary N) is 2. The molecular formula is C20H27N3O4. The van der Waals surface area contributed by atoms with Gasteiger partial charge in [0.1, 0.15) is 17.8 Å². The first-order chi connectivity index (χ1) is 12.5. The zero-order valence-corrected chi connectivity index (χ0v) is 16.3. The van der Waals surface area contributed by atoms with Gasteiger partial charge in [0.05, 0.1) is 5.69 Å². The van der Waals surface area contributed by atoms with Crippen LogP contribution in [-0.4, -0.2) is 39.9 Å². The van der Waals surface area contributed by atoms with Gasteiger partial charge in [-0.3, -0.25) is 14.5 Å². The lowest BCUT2D eigenvalue weighted by atomic mass is 9.64. The van der Waals surface area contributed by atoms with Crippen molar-refractivity contribution < 1.29 is 19.5 Å². The van der Waals surface area contributed by atoms with Gasteiger partial charge in [0.15, 0.2) is 0 Å². The van der Waals surface area contributed by atoms with Crippen LogP contribution in [0.4, 0.5) is 10.5 Å². The smallest absolute Gasteiger partial charge is 0.325 e. The number of hydrogen-bond acceptors (Lipinski definition) is 4. The molecule has 0 unspecified atom stereocenters. The summed E-state index contributed by atoms with van der Waals surface area (Å²) in [5.41, 5.74) is 0.118. The van der Waals surface area contributed by atoms with Crippen molar-refractivity contribution in [1.29, 1.82) is 0 Å². The second-order valence-corrected chi connectivity index (χ2v) is 8.83. The highest BCUT2D eigenvalue weighted by atomic mass is 16.3. The number of carbonyl (C=O) groups is 3. The number of phenols is 1. The first-order valence-corrected chi connectivity index (χ1v) is 9.25. The van der Waals surface area contributed by atoms with E-state index in [1.54, 1.807) is 12.1 Å². The average Bonchev–Trinajstić information content (AvgIpc) is 2.72. The van der Waals surface area contributed by atoms with Gasteiger partial charge in [-0.05, 0) is 55.2 Å². The number of hydrogen-bond donors (Lipinski definition) is 3. The molecule has 1 aromatic rings. The van der Waals surface area contributed by atoms with E-state index in [0.717, 1.165) is 16.9 Å². The summed E-state index contributed by atoms with van der Waals surface area (Å²) < 4.78 is 0. The minimum atomic E-state index is -0.926. The third kappa shape index (κ3) is 3.77. The van der Waals surface area contributed by atoms with E-state index in [-0.39, 0.29) is 29.3 Å². The number of benzene rings is 1. The van der Waals surface area contributed by atoms with E-state index in [9.17, 15) is 19.5 Å². The molecule has 1 spiro atoms. The SMILES string of the molecule is Cc1ccc(NC(=O)CN2C(=O)N[C@]3(C[C@@H](C)CC(C)(C)C3)C2=O)c(O)c1. The van der Waals surface area contributed by atoms with Crippen molar-refractivity contribution in [1.82, 2.24) is 10.2 Å². The van der Waals surface area contributed by atoms with Gasteiger partial charge in [0.2, 0.25) is 5.91 Å². The van der Waals surface area contributed by atoms with Crippen LogP contribution in [0, 0.1) is 18.3 Å². The van der Waals surface area contributed by atoms with E-state index in [4.69, 9.17) is 0 Å². The molecule has 3 N–H and O–H groups in total.